The van der Waals surface area contributed by atoms with Gasteiger partial charge >= 0.3 is 11.9 Å². The van der Waals surface area contributed by atoms with E-state index in [1.54, 1.807) is 60.7 Å². The maximum absolute atomic E-state index is 13.5. The highest BCUT2D eigenvalue weighted by molar-refractivity contribution is 5.93. The van der Waals surface area contributed by atoms with Gasteiger partial charge in [0.15, 0.2) is 11.5 Å². The normalized spacial score (nSPS) is 10.7. The van der Waals surface area contributed by atoms with E-state index in [-0.39, 0.29) is 0 Å². The maximum Gasteiger partial charge on any atom is 0.343 e. The lowest BCUT2D eigenvalue weighted by Crippen LogP contribution is -2.12. The second-order valence-electron chi connectivity index (χ2n) is 15.7. The van der Waals surface area contributed by atoms with Gasteiger partial charge in [0.05, 0.1) is 55.8 Å². The molecule has 66 heavy (non-hydrogen) atoms. The lowest BCUT2D eigenvalue weighted by atomic mass is 10.0. The van der Waals surface area contributed by atoms with Crippen molar-refractivity contribution in [3.63, 3.8) is 0 Å². The zero-order chi connectivity index (χ0) is 46.4. The zero-order valence-electron chi connectivity index (χ0n) is 38.2. The fourth-order valence-corrected chi connectivity index (χ4v) is 6.71. The molecule has 0 amide bonds. The van der Waals surface area contributed by atoms with E-state index in [9.17, 15) is 9.59 Å². The highest BCUT2D eigenvalue weighted by Crippen LogP contribution is 2.40. The minimum Gasteiger partial charge on any atom is -0.494 e. The predicted octanol–water partition coefficient (Wildman–Crippen LogP) is 13.5. The van der Waals surface area contributed by atoms with Crippen LogP contribution in [0.4, 0.5) is 0 Å². The Morgan fingerprint density at radius 3 is 1.20 bits per heavy atom. The summed E-state index contributed by atoms with van der Waals surface area (Å²) in [5.41, 5.74) is 5.28. The molecule has 6 aromatic carbocycles. The van der Waals surface area contributed by atoms with Gasteiger partial charge in [-0.1, -0.05) is 88.6 Å². The molecule has 0 aliphatic carbocycles. The van der Waals surface area contributed by atoms with Crippen LogP contribution >= 0.6 is 0 Å². The van der Waals surface area contributed by atoms with Crippen molar-refractivity contribution in [2.45, 2.75) is 78.6 Å². The highest BCUT2D eigenvalue weighted by atomic mass is 16.6. The molecule has 342 valence electrons. The number of nitrogens with zero attached hydrogens (tertiary/aromatic N) is 1. The average molecular weight is 890 g/mol. The van der Waals surface area contributed by atoms with Gasteiger partial charge in [-0.05, 0) is 146 Å². The summed E-state index contributed by atoms with van der Waals surface area (Å²) in [5.74, 6) is 2.75. The van der Waals surface area contributed by atoms with Crippen molar-refractivity contribution >= 4 is 11.9 Å². The van der Waals surface area contributed by atoms with Crippen molar-refractivity contribution in [2.75, 3.05) is 33.0 Å². The molecule has 6 aromatic rings. The molecule has 0 spiro atoms. The van der Waals surface area contributed by atoms with Gasteiger partial charge in [-0.3, -0.25) is 0 Å². The van der Waals surface area contributed by atoms with Gasteiger partial charge in [0.1, 0.15) is 23.0 Å². The summed E-state index contributed by atoms with van der Waals surface area (Å²) >= 11 is 0. The summed E-state index contributed by atoms with van der Waals surface area (Å²) in [6.45, 7) is 8.96. The Kier molecular flexibility index (Phi) is 18.9. The molecule has 0 bridgehead atoms. The standard InChI is InChI=1S/C56H59NO9/c1-4-7-33-62-52-38-47(39-53(63-34-8-5-2)54(52)64-35-9-6-3)56(59)66-51-31-21-45(22-32-51)44-19-29-50(30-20-44)65-55(58)46-23-27-49(28-24-46)61-37-12-10-11-36-60-48-25-17-43(18-26-48)42-15-13-41(40-57)14-16-42/h13-32,38-39H,4-12,33-37H2,1-3H3. The number of hydrogen-bond donors (Lipinski definition) is 0. The number of benzene rings is 6. The topological polar surface area (TPSA) is 123 Å². The summed E-state index contributed by atoms with van der Waals surface area (Å²) in [6, 6.07) is 42.3. The van der Waals surface area contributed by atoms with E-state index in [2.05, 4.69) is 26.8 Å². The van der Waals surface area contributed by atoms with Gasteiger partial charge in [0.2, 0.25) is 5.75 Å². The van der Waals surface area contributed by atoms with Gasteiger partial charge in [0.25, 0.3) is 0 Å². The highest BCUT2D eigenvalue weighted by Gasteiger charge is 2.21. The number of unbranched alkanes of at least 4 members (excludes halogenated alkanes) is 5. The van der Waals surface area contributed by atoms with E-state index in [1.807, 2.05) is 72.8 Å². The molecular formula is C56H59NO9. The summed E-state index contributed by atoms with van der Waals surface area (Å²) in [7, 11) is 0. The fraction of sp³-hybridized carbons (Fsp3) is 0.304. The van der Waals surface area contributed by atoms with E-state index < -0.39 is 11.9 Å². The Morgan fingerprint density at radius 2 is 0.773 bits per heavy atom. The molecule has 6 rings (SSSR count). The van der Waals surface area contributed by atoms with Crippen LogP contribution < -0.4 is 33.2 Å². The number of esters is 2. The van der Waals surface area contributed by atoms with Crippen molar-refractivity contribution in [3.8, 4) is 68.6 Å². The van der Waals surface area contributed by atoms with E-state index in [0.29, 0.717) is 84.2 Å². The SMILES string of the molecule is CCCCOc1cc(C(=O)Oc2ccc(-c3ccc(OC(=O)c4ccc(OCCCCCOc5ccc(-c6ccc(C#N)cc6)cc5)cc4)cc3)cc2)cc(OCCCC)c1OCCCC. The lowest BCUT2D eigenvalue weighted by Gasteiger charge is -2.18. The molecule has 10 heteroatoms. The summed E-state index contributed by atoms with van der Waals surface area (Å²) < 4.78 is 41.6. The van der Waals surface area contributed by atoms with E-state index >= 15 is 0 Å². The first kappa shape index (κ1) is 48.2. The third kappa shape index (κ3) is 14.6. The van der Waals surface area contributed by atoms with Gasteiger partial charge in [-0.15, -0.1) is 0 Å². The molecule has 0 N–H and O–H groups in total. The Morgan fingerprint density at radius 1 is 0.409 bits per heavy atom. The molecule has 0 aliphatic heterocycles. The molecule has 0 saturated carbocycles. The smallest absolute Gasteiger partial charge is 0.343 e. The Labute approximate surface area is 389 Å². The monoisotopic (exact) mass is 889 g/mol. The van der Waals surface area contributed by atoms with Crippen LogP contribution in [0.2, 0.25) is 0 Å². The second kappa shape index (κ2) is 25.9. The van der Waals surface area contributed by atoms with Crippen molar-refractivity contribution in [3.05, 3.63) is 150 Å². The third-order valence-corrected chi connectivity index (χ3v) is 10.6. The van der Waals surface area contributed by atoms with Crippen molar-refractivity contribution < 1.29 is 42.7 Å². The molecule has 0 aliphatic rings. The average Bonchev–Trinajstić information content (AvgIpc) is 3.35. The number of hydrogen-bond acceptors (Lipinski definition) is 10. The molecule has 0 radical (unpaired) electrons. The van der Waals surface area contributed by atoms with Crippen molar-refractivity contribution in [2.24, 2.45) is 0 Å². The summed E-state index contributed by atoms with van der Waals surface area (Å²) in [5, 5.41) is 9.01. The third-order valence-electron chi connectivity index (χ3n) is 10.6. The molecule has 0 atom stereocenters. The number of carbonyl (C=O) groups excluding carboxylic acids is 2. The quantitative estimate of drug-likeness (QED) is 0.0295. The predicted molar refractivity (Wildman–Crippen MR) is 257 cm³/mol. The van der Waals surface area contributed by atoms with E-state index in [4.69, 9.17) is 38.4 Å². The van der Waals surface area contributed by atoms with Crippen LogP contribution in [0, 0.1) is 11.3 Å². The summed E-state index contributed by atoms with van der Waals surface area (Å²) in [4.78, 5) is 26.4. The minimum atomic E-state index is -0.535. The molecule has 10 nitrogen and oxygen atoms in total. The van der Waals surface area contributed by atoms with Crippen LogP contribution in [0.5, 0.6) is 40.2 Å². The fourth-order valence-electron chi connectivity index (χ4n) is 6.71. The van der Waals surface area contributed by atoms with Gasteiger partial charge in [-0.2, -0.15) is 5.26 Å². The number of rotatable bonds is 26. The first-order chi connectivity index (χ1) is 32.4. The molecule has 0 fully saturated rings. The molecule has 0 aromatic heterocycles. The van der Waals surface area contributed by atoms with Gasteiger partial charge in [0, 0.05) is 0 Å². The van der Waals surface area contributed by atoms with Crippen LogP contribution in [-0.2, 0) is 0 Å². The molecule has 0 saturated heterocycles. The minimum absolute atomic E-state index is 0.306. The van der Waals surface area contributed by atoms with Crippen LogP contribution in [0.1, 0.15) is 105 Å². The van der Waals surface area contributed by atoms with Gasteiger partial charge in [-0.25, -0.2) is 9.59 Å². The van der Waals surface area contributed by atoms with Crippen LogP contribution in [0.25, 0.3) is 22.3 Å². The molecule has 0 unspecified atom stereocenters. The lowest BCUT2D eigenvalue weighted by molar-refractivity contribution is 0.0724. The zero-order valence-corrected chi connectivity index (χ0v) is 38.2. The second-order valence-corrected chi connectivity index (χ2v) is 15.7. The number of nitriles is 1. The number of ether oxygens (including phenoxy) is 7. The van der Waals surface area contributed by atoms with Crippen LogP contribution in [0.3, 0.4) is 0 Å². The van der Waals surface area contributed by atoms with Gasteiger partial charge < -0.3 is 33.2 Å². The Balaban J connectivity index is 0.933. The largest absolute Gasteiger partial charge is 0.494 e. The molecule has 0 heterocycles. The Hall–Kier alpha value is -7.25. The number of carbonyl (C=O) groups is 2. The van der Waals surface area contributed by atoms with Crippen molar-refractivity contribution in [1.29, 1.82) is 5.26 Å². The summed E-state index contributed by atoms with van der Waals surface area (Å²) in [6.07, 6.45) is 8.26. The first-order valence-corrected chi connectivity index (χ1v) is 23.0. The van der Waals surface area contributed by atoms with Crippen LogP contribution in [-0.4, -0.2) is 45.0 Å². The Bertz CT molecular complexity index is 2430. The maximum atomic E-state index is 13.5. The molecular weight excluding hydrogens is 831 g/mol. The van der Waals surface area contributed by atoms with E-state index in [1.165, 1.54) is 0 Å². The first-order valence-electron chi connectivity index (χ1n) is 23.0. The van der Waals surface area contributed by atoms with Crippen LogP contribution in [0.15, 0.2) is 133 Å². The van der Waals surface area contributed by atoms with E-state index in [0.717, 1.165) is 85.8 Å². The van der Waals surface area contributed by atoms with Crippen molar-refractivity contribution in [1.82, 2.24) is 0 Å².